The van der Waals surface area contributed by atoms with Gasteiger partial charge in [0.1, 0.15) is 0 Å². The van der Waals surface area contributed by atoms with Gasteiger partial charge in [0.25, 0.3) is 0 Å². The van der Waals surface area contributed by atoms with Gasteiger partial charge in [-0.15, -0.1) is 0 Å². The maximum Gasteiger partial charge on any atom is 0.0721 e. The van der Waals surface area contributed by atoms with E-state index in [1.165, 1.54) is 29.5 Å². The van der Waals surface area contributed by atoms with Gasteiger partial charge in [0.05, 0.1) is 12.7 Å². The molecule has 3 rings (SSSR count). The molecule has 1 N–H and O–H groups in total. The van der Waals surface area contributed by atoms with Crippen LogP contribution < -0.4 is 5.32 Å². The van der Waals surface area contributed by atoms with E-state index in [0.717, 1.165) is 13.1 Å². The van der Waals surface area contributed by atoms with Crippen molar-refractivity contribution in [1.29, 1.82) is 0 Å². The fraction of sp³-hybridized carbons (Fsp3) is 0.333. The Morgan fingerprint density at radius 1 is 0.950 bits per heavy atom. The molecule has 1 aliphatic heterocycles. The Morgan fingerprint density at radius 2 is 1.70 bits per heavy atom. The second-order valence-electron chi connectivity index (χ2n) is 5.34. The first-order valence-corrected chi connectivity index (χ1v) is 7.38. The monoisotopic (exact) mass is 267 g/mol. The number of piperidine rings is 1. The van der Waals surface area contributed by atoms with E-state index in [1.807, 2.05) is 6.07 Å². The average Bonchev–Trinajstić information content (AvgIpc) is 2.55. The number of rotatable bonds is 4. The predicted molar refractivity (Wildman–Crippen MR) is 82.6 cm³/mol. The molecule has 0 aromatic heterocycles. The number of hydrogen-bond acceptors (Lipinski definition) is 2. The molecule has 20 heavy (non-hydrogen) atoms. The normalized spacial score (nSPS) is 18.9. The second kappa shape index (κ2) is 6.69. The summed E-state index contributed by atoms with van der Waals surface area (Å²) in [7, 11) is 0. The second-order valence-corrected chi connectivity index (χ2v) is 5.34. The van der Waals surface area contributed by atoms with Gasteiger partial charge in [0, 0.05) is 6.54 Å². The number of ether oxygens (including phenoxy) is 1. The lowest BCUT2D eigenvalue weighted by Gasteiger charge is -2.23. The van der Waals surface area contributed by atoms with Crippen LogP contribution in [0, 0.1) is 0 Å². The molecule has 0 radical (unpaired) electrons. The third kappa shape index (κ3) is 3.47. The highest BCUT2D eigenvalue weighted by Gasteiger charge is 2.12. The van der Waals surface area contributed by atoms with Crippen molar-refractivity contribution in [2.75, 3.05) is 13.1 Å². The summed E-state index contributed by atoms with van der Waals surface area (Å²) in [5, 5.41) is 3.38. The first kappa shape index (κ1) is 13.3. The van der Waals surface area contributed by atoms with Crippen LogP contribution in [-0.2, 0) is 11.3 Å². The van der Waals surface area contributed by atoms with E-state index in [9.17, 15) is 0 Å². The smallest absolute Gasteiger partial charge is 0.0721 e. The highest BCUT2D eigenvalue weighted by molar-refractivity contribution is 5.63. The van der Waals surface area contributed by atoms with Gasteiger partial charge in [0.15, 0.2) is 0 Å². The number of benzene rings is 2. The van der Waals surface area contributed by atoms with Crippen molar-refractivity contribution < 1.29 is 4.74 Å². The summed E-state index contributed by atoms with van der Waals surface area (Å²) < 4.78 is 5.95. The quantitative estimate of drug-likeness (QED) is 0.913. The Morgan fingerprint density at radius 3 is 2.40 bits per heavy atom. The van der Waals surface area contributed by atoms with Crippen LogP contribution >= 0.6 is 0 Å². The highest BCUT2D eigenvalue weighted by atomic mass is 16.5. The molecule has 2 heteroatoms. The Bertz CT molecular complexity index is 515. The molecule has 0 saturated carbocycles. The van der Waals surface area contributed by atoms with Gasteiger partial charge in [-0.05, 0) is 36.1 Å². The van der Waals surface area contributed by atoms with Gasteiger partial charge in [-0.3, -0.25) is 0 Å². The average molecular weight is 267 g/mol. The number of hydrogen-bond donors (Lipinski definition) is 1. The molecule has 0 spiro atoms. The van der Waals surface area contributed by atoms with Crippen molar-refractivity contribution in [2.24, 2.45) is 0 Å². The van der Waals surface area contributed by atoms with E-state index in [0.29, 0.717) is 12.7 Å². The molecule has 0 aliphatic carbocycles. The molecular formula is C18H21NO. The Balaban J connectivity index is 1.58. The molecule has 1 fully saturated rings. The van der Waals surface area contributed by atoms with Gasteiger partial charge < -0.3 is 10.1 Å². The van der Waals surface area contributed by atoms with Crippen LogP contribution in [0.4, 0.5) is 0 Å². The topological polar surface area (TPSA) is 21.3 Å². The van der Waals surface area contributed by atoms with Gasteiger partial charge in [-0.1, -0.05) is 54.6 Å². The van der Waals surface area contributed by atoms with Crippen molar-refractivity contribution in [2.45, 2.75) is 25.6 Å². The Hall–Kier alpha value is -1.64. The molecule has 104 valence electrons. The van der Waals surface area contributed by atoms with Crippen molar-refractivity contribution in [3.63, 3.8) is 0 Å². The fourth-order valence-electron chi connectivity index (χ4n) is 2.60. The van der Waals surface area contributed by atoms with Crippen LogP contribution in [0.1, 0.15) is 18.4 Å². The van der Waals surface area contributed by atoms with E-state index < -0.39 is 0 Å². The van der Waals surface area contributed by atoms with Crippen molar-refractivity contribution in [3.05, 3.63) is 60.2 Å². The van der Waals surface area contributed by atoms with Crippen LogP contribution in [0.15, 0.2) is 54.6 Å². The minimum atomic E-state index is 0.373. The van der Waals surface area contributed by atoms with Gasteiger partial charge >= 0.3 is 0 Å². The summed E-state index contributed by atoms with van der Waals surface area (Å²) in [6.45, 7) is 2.83. The molecule has 1 heterocycles. The highest BCUT2D eigenvalue weighted by Crippen LogP contribution is 2.20. The molecule has 0 amide bonds. The van der Waals surface area contributed by atoms with Crippen molar-refractivity contribution >= 4 is 0 Å². The third-order valence-corrected chi connectivity index (χ3v) is 3.80. The zero-order valence-corrected chi connectivity index (χ0v) is 11.7. The SMILES string of the molecule is c1ccc(-c2ccc(COC3CCCNC3)cc2)cc1. The summed E-state index contributed by atoms with van der Waals surface area (Å²) in [5.74, 6) is 0. The van der Waals surface area contributed by atoms with Crippen LogP contribution in [0.2, 0.25) is 0 Å². The summed E-state index contributed by atoms with van der Waals surface area (Å²) in [6, 6.07) is 19.1. The van der Waals surface area contributed by atoms with Crippen molar-refractivity contribution in [1.82, 2.24) is 5.32 Å². The molecule has 2 aromatic carbocycles. The Kier molecular flexibility index (Phi) is 4.46. The summed E-state index contributed by atoms with van der Waals surface area (Å²) >= 11 is 0. The van der Waals surface area contributed by atoms with Crippen molar-refractivity contribution in [3.8, 4) is 11.1 Å². The molecule has 1 atom stereocenters. The first-order valence-electron chi connectivity index (χ1n) is 7.38. The van der Waals surface area contributed by atoms with Crippen LogP contribution in [0.25, 0.3) is 11.1 Å². The minimum Gasteiger partial charge on any atom is -0.372 e. The van der Waals surface area contributed by atoms with E-state index in [1.54, 1.807) is 0 Å². The van der Waals surface area contributed by atoms with Gasteiger partial charge in [0.2, 0.25) is 0 Å². The largest absolute Gasteiger partial charge is 0.372 e. The summed E-state index contributed by atoms with van der Waals surface area (Å²) in [4.78, 5) is 0. The number of nitrogens with one attached hydrogen (secondary N) is 1. The lowest BCUT2D eigenvalue weighted by Crippen LogP contribution is -2.35. The molecular weight excluding hydrogens is 246 g/mol. The fourth-order valence-corrected chi connectivity index (χ4v) is 2.60. The maximum atomic E-state index is 5.95. The maximum absolute atomic E-state index is 5.95. The summed E-state index contributed by atoms with van der Waals surface area (Å²) in [6.07, 6.45) is 2.77. The Labute approximate surface area is 120 Å². The molecule has 0 bridgehead atoms. The molecule has 1 saturated heterocycles. The van der Waals surface area contributed by atoms with E-state index in [2.05, 4.69) is 53.8 Å². The van der Waals surface area contributed by atoms with E-state index in [4.69, 9.17) is 4.74 Å². The predicted octanol–water partition coefficient (Wildman–Crippen LogP) is 3.62. The van der Waals surface area contributed by atoms with E-state index >= 15 is 0 Å². The molecule has 2 aromatic rings. The summed E-state index contributed by atoms with van der Waals surface area (Å²) in [5.41, 5.74) is 3.76. The zero-order valence-electron chi connectivity index (χ0n) is 11.7. The van der Waals surface area contributed by atoms with Crippen LogP contribution in [0.5, 0.6) is 0 Å². The molecule has 1 aliphatic rings. The van der Waals surface area contributed by atoms with Crippen LogP contribution in [0.3, 0.4) is 0 Å². The molecule has 2 nitrogen and oxygen atoms in total. The lowest BCUT2D eigenvalue weighted by molar-refractivity contribution is 0.0253. The molecule has 1 unspecified atom stereocenters. The van der Waals surface area contributed by atoms with E-state index in [-0.39, 0.29) is 0 Å². The first-order chi connectivity index (χ1) is 9.92. The van der Waals surface area contributed by atoms with Gasteiger partial charge in [-0.2, -0.15) is 0 Å². The minimum absolute atomic E-state index is 0.373. The standard InChI is InChI=1S/C18H21NO/c1-2-5-16(6-3-1)17-10-8-15(9-11-17)14-20-18-7-4-12-19-13-18/h1-3,5-6,8-11,18-19H,4,7,12-14H2. The third-order valence-electron chi connectivity index (χ3n) is 3.80. The van der Waals surface area contributed by atoms with Gasteiger partial charge in [-0.25, -0.2) is 0 Å². The van der Waals surface area contributed by atoms with Crippen LogP contribution in [-0.4, -0.2) is 19.2 Å². The lowest BCUT2D eigenvalue weighted by atomic mass is 10.0. The zero-order chi connectivity index (χ0) is 13.6.